The number of nitrogens with two attached hydrogens (primary N) is 1. The Morgan fingerprint density at radius 3 is 2.86 bits per heavy atom. The van der Waals surface area contributed by atoms with Crippen LogP contribution in [0.1, 0.15) is 25.9 Å². The maximum Gasteiger partial charge on any atom is 0.337 e. The average Bonchev–Trinajstić information content (AvgIpc) is 2.89. The van der Waals surface area contributed by atoms with Crippen LogP contribution in [-0.2, 0) is 6.42 Å². The molecule has 0 unspecified atom stereocenters. The number of hydrogen-bond donors (Lipinski definition) is 3. The van der Waals surface area contributed by atoms with Crippen molar-refractivity contribution in [2.24, 2.45) is 5.73 Å². The van der Waals surface area contributed by atoms with Crippen molar-refractivity contribution >= 4 is 51.5 Å². The van der Waals surface area contributed by atoms with Gasteiger partial charge in [-0.15, -0.1) is 11.3 Å². The zero-order valence-corrected chi connectivity index (χ0v) is 13.8. The normalized spacial score (nSPS) is 10.4. The molecule has 0 fully saturated rings. The zero-order valence-electron chi connectivity index (χ0n) is 10.8. The number of carbonyl (C=O) groups is 2. The molecular formula is C13H12IN3O3S. The minimum atomic E-state index is -1.09. The lowest BCUT2D eigenvalue weighted by Crippen LogP contribution is -2.15. The van der Waals surface area contributed by atoms with Crippen molar-refractivity contribution in [1.29, 1.82) is 0 Å². The van der Waals surface area contributed by atoms with Crippen LogP contribution in [0.5, 0.6) is 0 Å². The minimum absolute atomic E-state index is 0.0488. The van der Waals surface area contributed by atoms with E-state index in [1.54, 1.807) is 17.5 Å². The van der Waals surface area contributed by atoms with E-state index in [1.165, 1.54) is 17.4 Å². The lowest BCUT2D eigenvalue weighted by atomic mass is 10.2. The largest absolute Gasteiger partial charge is 0.478 e. The first-order valence-electron chi connectivity index (χ1n) is 6.00. The number of benzene rings is 1. The van der Waals surface area contributed by atoms with Gasteiger partial charge in [-0.2, -0.15) is 0 Å². The second-order valence-corrected chi connectivity index (χ2v) is 6.30. The van der Waals surface area contributed by atoms with Crippen LogP contribution < -0.4 is 11.1 Å². The van der Waals surface area contributed by atoms with E-state index in [9.17, 15) is 9.59 Å². The van der Waals surface area contributed by atoms with Crippen LogP contribution >= 0.6 is 33.9 Å². The topological polar surface area (TPSA) is 105 Å². The van der Waals surface area contributed by atoms with Gasteiger partial charge in [0.25, 0.3) is 5.91 Å². The Morgan fingerprint density at radius 2 is 2.19 bits per heavy atom. The summed E-state index contributed by atoms with van der Waals surface area (Å²) in [7, 11) is 0. The number of carboxylic acid groups (broad SMARTS) is 1. The van der Waals surface area contributed by atoms with Crippen molar-refractivity contribution in [2.45, 2.75) is 6.42 Å². The minimum Gasteiger partial charge on any atom is -0.478 e. The lowest BCUT2D eigenvalue weighted by molar-refractivity contribution is 0.0698. The van der Waals surface area contributed by atoms with Crippen molar-refractivity contribution in [3.8, 4) is 0 Å². The summed E-state index contributed by atoms with van der Waals surface area (Å²) in [5.74, 6) is -1.52. The third-order valence-electron chi connectivity index (χ3n) is 2.60. The lowest BCUT2D eigenvalue weighted by Gasteiger charge is -2.07. The molecule has 8 heteroatoms. The number of halogens is 1. The number of aromatic carboxylic acids is 1. The van der Waals surface area contributed by atoms with Gasteiger partial charge < -0.3 is 16.2 Å². The number of anilines is 1. The quantitative estimate of drug-likeness (QED) is 0.647. The van der Waals surface area contributed by atoms with Crippen LogP contribution in [0.3, 0.4) is 0 Å². The van der Waals surface area contributed by atoms with Gasteiger partial charge in [0, 0.05) is 15.4 Å². The Hall–Kier alpha value is -1.52. The van der Waals surface area contributed by atoms with Crippen LogP contribution in [0, 0.1) is 3.57 Å². The summed E-state index contributed by atoms with van der Waals surface area (Å²) in [4.78, 5) is 27.5. The fourth-order valence-corrected chi connectivity index (χ4v) is 2.93. The fraction of sp³-hybridized carbons (Fsp3) is 0.154. The van der Waals surface area contributed by atoms with Gasteiger partial charge in [0.2, 0.25) is 0 Å². The van der Waals surface area contributed by atoms with Crippen molar-refractivity contribution in [3.05, 3.63) is 43.4 Å². The van der Waals surface area contributed by atoms with E-state index in [1.807, 2.05) is 22.6 Å². The molecule has 1 aromatic carbocycles. The van der Waals surface area contributed by atoms with E-state index in [0.29, 0.717) is 13.0 Å². The molecule has 0 spiro atoms. The molecule has 6 nitrogen and oxygen atoms in total. The van der Waals surface area contributed by atoms with Gasteiger partial charge in [-0.25, -0.2) is 9.78 Å². The van der Waals surface area contributed by atoms with Gasteiger partial charge in [-0.05, 0) is 47.3 Å². The Labute approximate surface area is 138 Å². The number of rotatable bonds is 5. The van der Waals surface area contributed by atoms with Crippen molar-refractivity contribution in [1.82, 2.24) is 4.98 Å². The van der Waals surface area contributed by atoms with Crippen LogP contribution in [-0.4, -0.2) is 28.5 Å². The van der Waals surface area contributed by atoms with Crippen molar-refractivity contribution in [2.75, 3.05) is 11.9 Å². The smallest absolute Gasteiger partial charge is 0.337 e. The standard InChI is InChI=1S/C13H12IN3O3S/c14-7-1-2-9(8(5-7)13(19)20)17-12(18)10-6-21-11(16-10)3-4-15/h1-2,5-6H,3-4,15H2,(H,17,18)(H,19,20). The van der Waals surface area contributed by atoms with E-state index in [-0.39, 0.29) is 16.9 Å². The molecule has 0 bridgehead atoms. The van der Waals surface area contributed by atoms with E-state index < -0.39 is 11.9 Å². The number of hydrogen-bond acceptors (Lipinski definition) is 5. The second kappa shape index (κ2) is 6.96. The first-order chi connectivity index (χ1) is 10.0. The highest BCUT2D eigenvalue weighted by atomic mass is 127. The van der Waals surface area contributed by atoms with E-state index >= 15 is 0 Å². The predicted octanol–water partition coefficient (Wildman–Crippen LogP) is 2.20. The van der Waals surface area contributed by atoms with Crippen molar-refractivity contribution < 1.29 is 14.7 Å². The summed E-state index contributed by atoms with van der Waals surface area (Å²) in [6.45, 7) is 0.467. The van der Waals surface area contributed by atoms with Gasteiger partial charge >= 0.3 is 5.97 Å². The number of thiazole rings is 1. The summed E-state index contributed by atoms with van der Waals surface area (Å²) < 4.78 is 0.780. The summed E-state index contributed by atoms with van der Waals surface area (Å²) in [5, 5.41) is 14.2. The summed E-state index contributed by atoms with van der Waals surface area (Å²) in [5.41, 5.74) is 6.00. The molecular weight excluding hydrogens is 405 g/mol. The first-order valence-corrected chi connectivity index (χ1v) is 7.95. The second-order valence-electron chi connectivity index (χ2n) is 4.11. The first kappa shape index (κ1) is 15.9. The maximum absolute atomic E-state index is 12.1. The number of carboxylic acids is 1. The molecule has 110 valence electrons. The maximum atomic E-state index is 12.1. The van der Waals surface area contributed by atoms with Crippen LogP contribution in [0.2, 0.25) is 0 Å². The molecule has 1 amide bonds. The van der Waals surface area contributed by atoms with E-state index in [0.717, 1.165) is 8.58 Å². The van der Waals surface area contributed by atoms with Gasteiger partial charge in [0.05, 0.1) is 16.3 Å². The molecule has 0 saturated heterocycles. The van der Waals surface area contributed by atoms with E-state index in [2.05, 4.69) is 10.3 Å². The summed E-state index contributed by atoms with van der Waals surface area (Å²) in [6, 6.07) is 4.79. The van der Waals surface area contributed by atoms with Crippen LogP contribution in [0.4, 0.5) is 5.69 Å². The highest BCUT2D eigenvalue weighted by molar-refractivity contribution is 14.1. The number of aromatic nitrogens is 1. The SMILES string of the molecule is NCCc1nc(C(=O)Nc2ccc(I)cc2C(=O)O)cs1. The molecule has 1 aromatic heterocycles. The molecule has 1 heterocycles. The van der Waals surface area contributed by atoms with Gasteiger partial charge in [0.1, 0.15) is 5.69 Å². The van der Waals surface area contributed by atoms with Crippen molar-refractivity contribution in [3.63, 3.8) is 0 Å². The molecule has 0 radical (unpaired) electrons. The number of carbonyl (C=O) groups excluding carboxylic acids is 1. The highest BCUT2D eigenvalue weighted by Gasteiger charge is 2.16. The molecule has 2 rings (SSSR count). The molecule has 21 heavy (non-hydrogen) atoms. The summed E-state index contributed by atoms with van der Waals surface area (Å²) >= 11 is 3.37. The third-order valence-corrected chi connectivity index (χ3v) is 4.18. The fourth-order valence-electron chi connectivity index (χ4n) is 1.64. The number of amides is 1. The molecule has 0 aliphatic rings. The Kier molecular flexibility index (Phi) is 5.26. The van der Waals surface area contributed by atoms with E-state index in [4.69, 9.17) is 10.8 Å². The Bertz CT molecular complexity index is 687. The highest BCUT2D eigenvalue weighted by Crippen LogP contribution is 2.20. The third kappa shape index (κ3) is 3.99. The molecule has 0 aliphatic carbocycles. The van der Waals surface area contributed by atoms with Gasteiger partial charge in [-0.3, -0.25) is 4.79 Å². The zero-order chi connectivity index (χ0) is 15.4. The molecule has 2 aromatic rings. The molecule has 0 saturated carbocycles. The number of nitrogens with zero attached hydrogens (tertiary/aromatic N) is 1. The Balaban J connectivity index is 2.20. The monoisotopic (exact) mass is 417 g/mol. The molecule has 0 aliphatic heterocycles. The van der Waals surface area contributed by atoms with Crippen LogP contribution in [0.15, 0.2) is 23.6 Å². The molecule has 4 N–H and O–H groups in total. The number of nitrogens with one attached hydrogen (secondary N) is 1. The van der Waals surface area contributed by atoms with Gasteiger partial charge in [-0.1, -0.05) is 0 Å². The molecule has 0 atom stereocenters. The average molecular weight is 417 g/mol. The van der Waals surface area contributed by atoms with Gasteiger partial charge in [0.15, 0.2) is 0 Å². The summed E-state index contributed by atoms with van der Waals surface area (Å²) in [6.07, 6.45) is 0.613. The Morgan fingerprint density at radius 1 is 1.43 bits per heavy atom. The predicted molar refractivity (Wildman–Crippen MR) is 88.9 cm³/mol. The van der Waals surface area contributed by atoms with Crippen LogP contribution in [0.25, 0.3) is 0 Å².